The number of carbonyl (C=O) groups is 1. The summed E-state index contributed by atoms with van der Waals surface area (Å²) in [5, 5.41) is 4.14. The second-order valence-corrected chi connectivity index (χ2v) is 5.75. The van der Waals surface area contributed by atoms with Gasteiger partial charge in [0.25, 0.3) is 0 Å². The Balaban J connectivity index is 2.14. The van der Waals surface area contributed by atoms with Crippen molar-refractivity contribution in [2.24, 2.45) is 0 Å². The normalized spacial score (nSPS) is 10.4. The van der Waals surface area contributed by atoms with Gasteiger partial charge >= 0.3 is 5.97 Å². The minimum atomic E-state index is -0.514. The third kappa shape index (κ3) is 3.64. The first-order chi connectivity index (χ1) is 13.6. The molecule has 0 N–H and O–H groups in total. The molecule has 3 aromatic rings. The lowest BCUT2D eigenvalue weighted by molar-refractivity contribution is 0.0527. The molecule has 0 radical (unpaired) electrons. The van der Waals surface area contributed by atoms with Crippen LogP contribution in [0.4, 0.5) is 0 Å². The molecule has 0 saturated heterocycles. The summed E-state index contributed by atoms with van der Waals surface area (Å²) >= 11 is 0. The second-order valence-electron chi connectivity index (χ2n) is 5.75. The third-order valence-electron chi connectivity index (χ3n) is 4.18. The van der Waals surface area contributed by atoms with Gasteiger partial charge in [-0.25, -0.2) is 4.79 Å². The number of methoxy groups -OCH3 is 3. The van der Waals surface area contributed by atoms with Crippen molar-refractivity contribution in [3.05, 3.63) is 48.0 Å². The van der Waals surface area contributed by atoms with Crippen molar-refractivity contribution in [1.29, 1.82) is 0 Å². The molecule has 2 aromatic carbocycles. The molecule has 7 heteroatoms. The lowest BCUT2D eigenvalue weighted by atomic mass is 10.0. The van der Waals surface area contributed by atoms with Crippen molar-refractivity contribution in [2.75, 3.05) is 27.9 Å². The summed E-state index contributed by atoms with van der Waals surface area (Å²) in [6.07, 6.45) is 0. The van der Waals surface area contributed by atoms with E-state index in [1.165, 1.54) is 0 Å². The van der Waals surface area contributed by atoms with E-state index in [2.05, 4.69) is 5.16 Å². The molecule has 0 spiro atoms. The molecule has 0 atom stereocenters. The standard InChI is InChI=1S/C21H21NO6/c1-5-27-21(23)18-19(14-8-11-16(25-3)17(12-14)26-4)22-28-20(18)13-6-9-15(24-2)10-7-13/h6-12H,5H2,1-4H3. The fraction of sp³-hybridized carbons (Fsp3) is 0.238. The van der Waals surface area contributed by atoms with Crippen LogP contribution in [-0.4, -0.2) is 39.1 Å². The van der Waals surface area contributed by atoms with Crippen molar-refractivity contribution in [3.8, 4) is 39.8 Å². The highest BCUT2D eigenvalue weighted by atomic mass is 16.5. The second kappa shape index (κ2) is 8.47. The highest BCUT2D eigenvalue weighted by Crippen LogP contribution is 2.37. The zero-order valence-electron chi connectivity index (χ0n) is 16.1. The van der Waals surface area contributed by atoms with Crippen molar-refractivity contribution in [1.82, 2.24) is 5.16 Å². The molecule has 0 aliphatic heterocycles. The molecular weight excluding hydrogens is 362 g/mol. The minimum absolute atomic E-state index is 0.234. The molecule has 0 aliphatic rings. The Bertz CT molecular complexity index is 962. The predicted molar refractivity (Wildman–Crippen MR) is 103 cm³/mol. The maximum Gasteiger partial charge on any atom is 0.344 e. The molecule has 1 heterocycles. The van der Waals surface area contributed by atoms with E-state index in [1.807, 2.05) is 0 Å². The lowest BCUT2D eigenvalue weighted by Crippen LogP contribution is -2.06. The Kier molecular flexibility index (Phi) is 5.84. The summed E-state index contributed by atoms with van der Waals surface area (Å²) in [6.45, 7) is 1.98. The van der Waals surface area contributed by atoms with Gasteiger partial charge in [0.1, 0.15) is 17.0 Å². The molecule has 0 bridgehead atoms. The van der Waals surface area contributed by atoms with E-state index in [9.17, 15) is 4.79 Å². The van der Waals surface area contributed by atoms with E-state index in [-0.39, 0.29) is 12.2 Å². The lowest BCUT2D eigenvalue weighted by Gasteiger charge is -2.09. The van der Waals surface area contributed by atoms with Crippen molar-refractivity contribution in [3.63, 3.8) is 0 Å². The third-order valence-corrected chi connectivity index (χ3v) is 4.18. The average Bonchev–Trinajstić information content (AvgIpc) is 3.18. The van der Waals surface area contributed by atoms with Crippen molar-refractivity contribution in [2.45, 2.75) is 6.92 Å². The molecule has 0 unspecified atom stereocenters. The molecule has 146 valence electrons. The molecule has 28 heavy (non-hydrogen) atoms. The van der Waals surface area contributed by atoms with Crippen LogP contribution < -0.4 is 14.2 Å². The van der Waals surface area contributed by atoms with Gasteiger partial charge in [-0.3, -0.25) is 0 Å². The van der Waals surface area contributed by atoms with Crippen molar-refractivity contribution >= 4 is 5.97 Å². The van der Waals surface area contributed by atoms with Crippen LogP contribution in [0.15, 0.2) is 47.0 Å². The zero-order valence-corrected chi connectivity index (χ0v) is 16.1. The quantitative estimate of drug-likeness (QED) is 0.565. The smallest absolute Gasteiger partial charge is 0.344 e. The number of rotatable bonds is 7. The van der Waals surface area contributed by atoms with Crippen molar-refractivity contribution < 1.29 is 28.3 Å². The Morgan fingerprint density at radius 3 is 2.21 bits per heavy atom. The van der Waals surface area contributed by atoms with Gasteiger partial charge in [0.15, 0.2) is 17.3 Å². The van der Waals surface area contributed by atoms with Gasteiger partial charge in [0, 0.05) is 11.1 Å². The van der Waals surface area contributed by atoms with Gasteiger partial charge in [0.05, 0.1) is 27.9 Å². The highest BCUT2D eigenvalue weighted by Gasteiger charge is 2.27. The van der Waals surface area contributed by atoms with E-state index in [0.29, 0.717) is 39.8 Å². The Hall–Kier alpha value is -3.48. The van der Waals surface area contributed by atoms with E-state index in [0.717, 1.165) is 0 Å². The number of ether oxygens (including phenoxy) is 4. The topological polar surface area (TPSA) is 80.0 Å². The number of hydrogen-bond acceptors (Lipinski definition) is 7. The number of aromatic nitrogens is 1. The predicted octanol–water partition coefficient (Wildman–Crippen LogP) is 4.21. The van der Waals surface area contributed by atoms with Crippen LogP contribution in [0.25, 0.3) is 22.6 Å². The summed E-state index contributed by atoms with van der Waals surface area (Å²) in [7, 11) is 4.68. The van der Waals surface area contributed by atoms with Crippen LogP contribution in [0.3, 0.4) is 0 Å². The molecule has 1 aromatic heterocycles. The van der Waals surface area contributed by atoms with Crippen LogP contribution in [0, 0.1) is 0 Å². The Morgan fingerprint density at radius 1 is 0.929 bits per heavy atom. The van der Waals surface area contributed by atoms with Gasteiger partial charge < -0.3 is 23.5 Å². The number of carbonyl (C=O) groups excluding carboxylic acids is 1. The summed E-state index contributed by atoms with van der Waals surface area (Å²) in [5.74, 6) is 1.60. The van der Waals surface area contributed by atoms with Crippen LogP contribution >= 0.6 is 0 Å². The van der Waals surface area contributed by atoms with Gasteiger partial charge in [-0.05, 0) is 49.4 Å². The summed E-state index contributed by atoms with van der Waals surface area (Å²) < 4.78 is 26.6. The maximum atomic E-state index is 12.7. The molecule has 3 rings (SSSR count). The summed E-state index contributed by atoms with van der Waals surface area (Å²) in [5.41, 5.74) is 1.94. The monoisotopic (exact) mass is 383 g/mol. The molecule has 0 saturated carbocycles. The van der Waals surface area contributed by atoms with E-state index < -0.39 is 5.97 Å². The Labute approximate surface area is 162 Å². The number of hydrogen-bond donors (Lipinski definition) is 0. The highest BCUT2D eigenvalue weighted by molar-refractivity contribution is 6.01. The first kappa shape index (κ1) is 19.3. The largest absolute Gasteiger partial charge is 0.497 e. The molecule has 0 fully saturated rings. The maximum absolute atomic E-state index is 12.7. The Morgan fingerprint density at radius 2 is 1.61 bits per heavy atom. The fourth-order valence-electron chi connectivity index (χ4n) is 2.80. The minimum Gasteiger partial charge on any atom is -0.497 e. The van der Waals surface area contributed by atoms with Gasteiger partial charge in [-0.15, -0.1) is 0 Å². The number of esters is 1. The molecule has 0 amide bonds. The molecule has 0 aliphatic carbocycles. The first-order valence-corrected chi connectivity index (χ1v) is 8.66. The van der Waals surface area contributed by atoms with Gasteiger partial charge in [-0.2, -0.15) is 0 Å². The summed E-state index contributed by atoms with van der Waals surface area (Å²) in [6, 6.07) is 12.4. The van der Waals surface area contributed by atoms with Crippen LogP contribution in [0.1, 0.15) is 17.3 Å². The van der Waals surface area contributed by atoms with Gasteiger partial charge in [-0.1, -0.05) is 5.16 Å². The molecular formula is C21H21NO6. The van der Waals surface area contributed by atoms with Crippen LogP contribution in [-0.2, 0) is 4.74 Å². The van der Waals surface area contributed by atoms with Crippen LogP contribution in [0.2, 0.25) is 0 Å². The number of nitrogens with zero attached hydrogens (tertiary/aromatic N) is 1. The number of benzene rings is 2. The first-order valence-electron chi connectivity index (χ1n) is 8.66. The fourth-order valence-corrected chi connectivity index (χ4v) is 2.80. The van der Waals surface area contributed by atoms with E-state index in [1.54, 1.807) is 70.7 Å². The zero-order chi connectivity index (χ0) is 20.1. The molecule has 7 nitrogen and oxygen atoms in total. The van der Waals surface area contributed by atoms with E-state index in [4.69, 9.17) is 23.5 Å². The van der Waals surface area contributed by atoms with Crippen LogP contribution in [0.5, 0.6) is 17.2 Å². The van der Waals surface area contributed by atoms with E-state index >= 15 is 0 Å². The van der Waals surface area contributed by atoms with Gasteiger partial charge in [0.2, 0.25) is 0 Å². The summed E-state index contributed by atoms with van der Waals surface area (Å²) in [4.78, 5) is 12.7. The SMILES string of the molecule is CCOC(=O)c1c(-c2ccc(OC)c(OC)c2)noc1-c1ccc(OC)cc1. The average molecular weight is 383 g/mol.